The van der Waals surface area contributed by atoms with E-state index >= 15 is 0 Å². The van der Waals surface area contributed by atoms with Crippen LogP contribution in [0, 0.1) is 5.92 Å². The van der Waals surface area contributed by atoms with Gasteiger partial charge in [-0.25, -0.2) is 9.98 Å². The van der Waals surface area contributed by atoms with Crippen LogP contribution in [-0.2, 0) is 11.3 Å². The number of hydrogen-bond acceptors (Lipinski definition) is 4. The van der Waals surface area contributed by atoms with Crippen molar-refractivity contribution in [2.75, 3.05) is 33.4 Å². The van der Waals surface area contributed by atoms with Gasteiger partial charge >= 0.3 is 0 Å². The summed E-state index contributed by atoms with van der Waals surface area (Å²) in [5, 5.41) is 6.60. The van der Waals surface area contributed by atoms with Crippen molar-refractivity contribution in [3.8, 4) is 5.88 Å². The third-order valence-corrected chi connectivity index (χ3v) is 3.11. The van der Waals surface area contributed by atoms with E-state index < -0.39 is 0 Å². The Kier molecular flexibility index (Phi) is 13.6. The van der Waals surface area contributed by atoms with E-state index in [9.17, 15) is 0 Å². The topological polar surface area (TPSA) is 67.8 Å². The van der Waals surface area contributed by atoms with Crippen LogP contribution < -0.4 is 15.4 Å². The van der Waals surface area contributed by atoms with Crippen molar-refractivity contribution >= 4 is 29.9 Å². The lowest BCUT2D eigenvalue weighted by Gasteiger charge is -2.12. The van der Waals surface area contributed by atoms with Crippen molar-refractivity contribution in [1.82, 2.24) is 15.6 Å². The molecule has 1 rings (SSSR count). The quantitative estimate of drug-likeness (QED) is 0.248. The minimum absolute atomic E-state index is 0. The largest absolute Gasteiger partial charge is 0.475 e. The minimum Gasteiger partial charge on any atom is -0.475 e. The summed E-state index contributed by atoms with van der Waals surface area (Å²) in [5.74, 6) is 2.13. The van der Waals surface area contributed by atoms with E-state index in [0.29, 0.717) is 31.6 Å². The molecule has 138 valence electrons. The van der Waals surface area contributed by atoms with Crippen LogP contribution >= 0.6 is 24.0 Å². The first-order valence-corrected chi connectivity index (χ1v) is 8.24. The molecule has 0 bridgehead atoms. The van der Waals surface area contributed by atoms with Crippen LogP contribution in [0.15, 0.2) is 23.3 Å². The first-order valence-electron chi connectivity index (χ1n) is 8.24. The maximum absolute atomic E-state index is 5.44. The molecule has 0 radical (unpaired) electrons. The molecule has 0 aliphatic rings. The Morgan fingerprint density at radius 1 is 1.25 bits per heavy atom. The summed E-state index contributed by atoms with van der Waals surface area (Å²) >= 11 is 0. The van der Waals surface area contributed by atoms with Gasteiger partial charge in [0.25, 0.3) is 0 Å². The molecule has 7 heteroatoms. The van der Waals surface area contributed by atoms with Gasteiger partial charge in [-0.15, -0.1) is 24.0 Å². The van der Waals surface area contributed by atoms with E-state index in [-0.39, 0.29) is 24.0 Å². The number of guanidine groups is 1. The number of methoxy groups -OCH3 is 1. The Hall–Kier alpha value is -1.09. The molecule has 1 aromatic rings. The molecule has 0 fully saturated rings. The van der Waals surface area contributed by atoms with E-state index in [4.69, 9.17) is 9.47 Å². The predicted molar refractivity (Wildman–Crippen MR) is 109 cm³/mol. The summed E-state index contributed by atoms with van der Waals surface area (Å²) in [6.45, 7) is 9.91. The van der Waals surface area contributed by atoms with Crippen LogP contribution in [0.25, 0.3) is 0 Å². The molecule has 1 aromatic heterocycles. The summed E-state index contributed by atoms with van der Waals surface area (Å²) in [5.41, 5.74) is 1.05. The monoisotopic (exact) mass is 450 g/mol. The zero-order chi connectivity index (χ0) is 16.9. The predicted octanol–water partition coefficient (Wildman–Crippen LogP) is 2.83. The maximum atomic E-state index is 5.44. The van der Waals surface area contributed by atoms with E-state index in [1.807, 2.05) is 12.1 Å². The van der Waals surface area contributed by atoms with Gasteiger partial charge in [0.2, 0.25) is 5.88 Å². The molecule has 24 heavy (non-hydrogen) atoms. The molecule has 0 aliphatic heterocycles. The molecule has 0 spiro atoms. The summed E-state index contributed by atoms with van der Waals surface area (Å²) in [7, 11) is 1.65. The van der Waals surface area contributed by atoms with Crippen LogP contribution in [-0.4, -0.2) is 44.4 Å². The third kappa shape index (κ3) is 10.6. The van der Waals surface area contributed by atoms with Gasteiger partial charge in [0, 0.05) is 32.5 Å². The van der Waals surface area contributed by atoms with Gasteiger partial charge < -0.3 is 20.1 Å². The fourth-order valence-electron chi connectivity index (χ4n) is 1.81. The first kappa shape index (κ1) is 22.9. The minimum atomic E-state index is 0. The normalized spacial score (nSPS) is 11.1. The van der Waals surface area contributed by atoms with Crippen LogP contribution in [0.3, 0.4) is 0 Å². The van der Waals surface area contributed by atoms with Crippen molar-refractivity contribution in [3.63, 3.8) is 0 Å². The molecule has 0 saturated heterocycles. The zero-order valence-electron chi connectivity index (χ0n) is 15.2. The van der Waals surface area contributed by atoms with Gasteiger partial charge in [0.1, 0.15) is 6.61 Å². The number of nitrogens with one attached hydrogen (secondary N) is 2. The number of halogens is 1. The summed E-state index contributed by atoms with van der Waals surface area (Å²) in [4.78, 5) is 8.85. The average Bonchev–Trinajstić information content (AvgIpc) is 2.54. The Morgan fingerprint density at radius 2 is 2.04 bits per heavy atom. The highest BCUT2D eigenvalue weighted by Crippen LogP contribution is 2.08. The van der Waals surface area contributed by atoms with Gasteiger partial charge in [-0.05, 0) is 24.8 Å². The lowest BCUT2D eigenvalue weighted by Crippen LogP contribution is -2.38. The second kappa shape index (κ2) is 14.3. The molecular weight excluding hydrogens is 419 g/mol. The maximum Gasteiger partial charge on any atom is 0.213 e. The molecule has 0 atom stereocenters. The second-order valence-corrected chi connectivity index (χ2v) is 5.65. The van der Waals surface area contributed by atoms with Gasteiger partial charge in [-0.3, -0.25) is 0 Å². The summed E-state index contributed by atoms with van der Waals surface area (Å²) in [6.07, 6.45) is 2.92. The highest BCUT2D eigenvalue weighted by atomic mass is 127. The van der Waals surface area contributed by atoms with E-state index in [0.717, 1.165) is 31.0 Å². The zero-order valence-corrected chi connectivity index (χ0v) is 17.5. The molecule has 2 N–H and O–H groups in total. The molecule has 0 saturated carbocycles. The highest BCUT2D eigenvalue weighted by Gasteiger charge is 2.00. The average molecular weight is 450 g/mol. The van der Waals surface area contributed by atoms with Crippen LogP contribution in [0.2, 0.25) is 0 Å². The molecule has 0 unspecified atom stereocenters. The lowest BCUT2D eigenvalue weighted by molar-refractivity contribution is 0.143. The SMILES string of the molecule is CCNC(=NCc1ccc(OCCOC)nc1)NCCC(C)C.I. The molecule has 0 aliphatic carbocycles. The fourth-order valence-corrected chi connectivity index (χ4v) is 1.81. The van der Waals surface area contributed by atoms with E-state index in [1.54, 1.807) is 13.3 Å². The molecule has 0 aromatic carbocycles. The molecular formula is C17H31IN4O2. The number of ether oxygens (including phenoxy) is 2. The van der Waals surface area contributed by atoms with Crippen molar-refractivity contribution in [3.05, 3.63) is 23.9 Å². The fraction of sp³-hybridized carbons (Fsp3) is 0.647. The van der Waals surface area contributed by atoms with Crippen LogP contribution in [0.1, 0.15) is 32.8 Å². The number of rotatable bonds is 10. The summed E-state index contributed by atoms with van der Waals surface area (Å²) < 4.78 is 10.4. The molecule has 6 nitrogen and oxygen atoms in total. The van der Waals surface area contributed by atoms with Crippen LogP contribution in [0.5, 0.6) is 5.88 Å². The number of aliphatic imine (C=N–C) groups is 1. The van der Waals surface area contributed by atoms with Crippen molar-refractivity contribution < 1.29 is 9.47 Å². The van der Waals surface area contributed by atoms with Gasteiger partial charge in [-0.2, -0.15) is 0 Å². The van der Waals surface area contributed by atoms with Crippen molar-refractivity contribution in [2.45, 2.75) is 33.7 Å². The Morgan fingerprint density at radius 3 is 2.62 bits per heavy atom. The summed E-state index contributed by atoms with van der Waals surface area (Å²) in [6, 6.07) is 3.84. The number of aromatic nitrogens is 1. The van der Waals surface area contributed by atoms with E-state index in [1.165, 1.54) is 0 Å². The van der Waals surface area contributed by atoms with Crippen molar-refractivity contribution in [2.24, 2.45) is 10.9 Å². The Bertz CT molecular complexity index is 452. The van der Waals surface area contributed by atoms with E-state index in [2.05, 4.69) is 41.4 Å². The standard InChI is InChI=1S/C17H30N4O2.HI/c1-5-18-17(19-9-8-14(2)3)21-13-15-6-7-16(20-12-15)23-11-10-22-4;/h6-7,12,14H,5,8-11,13H2,1-4H3,(H2,18,19,21);1H. The Labute approximate surface area is 162 Å². The Balaban J connectivity index is 0.00000529. The number of pyridine rings is 1. The van der Waals surface area contributed by atoms with Gasteiger partial charge in [0.05, 0.1) is 13.2 Å². The number of nitrogens with zero attached hydrogens (tertiary/aromatic N) is 2. The highest BCUT2D eigenvalue weighted by molar-refractivity contribution is 14.0. The third-order valence-electron chi connectivity index (χ3n) is 3.11. The van der Waals surface area contributed by atoms with Gasteiger partial charge in [0.15, 0.2) is 5.96 Å². The second-order valence-electron chi connectivity index (χ2n) is 5.65. The number of hydrogen-bond donors (Lipinski definition) is 2. The lowest BCUT2D eigenvalue weighted by atomic mass is 10.1. The molecule has 0 amide bonds. The molecule has 1 heterocycles. The van der Waals surface area contributed by atoms with Crippen LogP contribution in [0.4, 0.5) is 0 Å². The van der Waals surface area contributed by atoms with Gasteiger partial charge in [-0.1, -0.05) is 19.9 Å². The smallest absolute Gasteiger partial charge is 0.213 e. The first-order chi connectivity index (χ1) is 11.2. The van der Waals surface area contributed by atoms with Crippen molar-refractivity contribution in [1.29, 1.82) is 0 Å².